The molecule has 0 N–H and O–H groups in total. The molecule has 0 bridgehead atoms. The third-order valence-electron chi connectivity index (χ3n) is 2.10. The van der Waals surface area contributed by atoms with Crippen molar-refractivity contribution in [2.24, 2.45) is 4.99 Å². The van der Waals surface area contributed by atoms with Gasteiger partial charge < -0.3 is 4.74 Å². The molecule has 0 saturated heterocycles. The van der Waals surface area contributed by atoms with Crippen molar-refractivity contribution >= 4 is 34.0 Å². The topological polar surface area (TPSA) is 38.7 Å². The van der Waals surface area contributed by atoms with Gasteiger partial charge in [-0.05, 0) is 24.9 Å². The number of amides is 1. The van der Waals surface area contributed by atoms with Gasteiger partial charge in [-0.25, -0.2) is 4.99 Å². The summed E-state index contributed by atoms with van der Waals surface area (Å²) in [4.78, 5) is 15.3. The summed E-state index contributed by atoms with van der Waals surface area (Å²) in [5, 5.41) is 0.942. The van der Waals surface area contributed by atoms with Gasteiger partial charge in [0.05, 0.1) is 12.0 Å². The van der Waals surface area contributed by atoms with E-state index in [2.05, 4.69) is 11.7 Å². The van der Waals surface area contributed by atoms with Crippen LogP contribution in [0.5, 0.6) is 5.75 Å². The van der Waals surface area contributed by atoms with Gasteiger partial charge in [0.2, 0.25) is 0 Å². The molecular formula is C11H9NO2S. The van der Waals surface area contributed by atoms with E-state index >= 15 is 0 Å². The Balaban J connectivity index is 2.64. The highest BCUT2D eigenvalue weighted by molar-refractivity contribution is 7.20. The average Bonchev–Trinajstić information content (AvgIpc) is 2.71. The zero-order valence-corrected chi connectivity index (χ0v) is 9.00. The van der Waals surface area contributed by atoms with Crippen LogP contribution >= 0.6 is 11.3 Å². The fourth-order valence-corrected chi connectivity index (χ4v) is 2.38. The highest BCUT2D eigenvalue weighted by Gasteiger charge is 2.10. The van der Waals surface area contributed by atoms with Gasteiger partial charge in [-0.1, -0.05) is 6.07 Å². The first-order valence-corrected chi connectivity index (χ1v) is 5.15. The molecule has 15 heavy (non-hydrogen) atoms. The van der Waals surface area contributed by atoms with E-state index in [1.54, 1.807) is 13.2 Å². The molecule has 0 spiro atoms. The number of nitrogens with zero attached hydrogens (tertiary/aromatic N) is 1. The molecule has 0 aliphatic heterocycles. The second-order valence-corrected chi connectivity index (χ2v) is 4.03. The van der Waals surface area contributed by atoms with E-state index in [9.17, 15) is 4.79 Å². The Morgan fingerprint density at radius 2 is 2.33 bits per heavy atom. The Labute approximate surface area is 91.0 Å². The quantitative estimate of drug-likeness (QED) is 0.728. The first-order valence-electron chi connectivity index (χ1n) is 4.34. The van der Waals surface area contributed by atoms with E-state index in [1.165, 1.54) is 11.3 Å². The summed E-state index contributed by atoms with van der Waals surface area (Å²) in [5.74, 6) is 0.477. The summed E-state index contributed by atoms with van der Waals surface area (Å²) in [6, 6.07) is 7.50. The Morgan fingerprint density at radius 3 is 3.00 bits per heavy atom. The Kier molecular flexibility index (Phi) is 2.51. The molecule has 76 valence electrons. The second kappa shape index (κ2) is 3.82. The lowest BCUT2D eigenvalue weighted by Gasteiger charge is -1.99. The van der Waals surface area contributed by atoms with Crippen LogP contribution in [-0.4, -0.2) is 19.7 Å². The minimum atomic E-state index is -0.293. The van der Waals surface area contributed by atoms with Gasteiger partial charge in [0, 0.05) is 10.1 Å². The smallest absolute Gasteiger partial charge is 0.286 e. The lowest BCUT2D eigenvalue weighted by Crippen LogP contribution is -1.87. The molecule has 1 aromatic heterocycles. The monoisotopic (exact) mass is 219 g/mol. The molecule has 1 amide bonds. The standard InChI is InChI=1S/C11H9NO2S/c1-12-11(13)10-6-7-8(14-2)4-3-5-9(7)15-10/h3-6H,1H2,2H3. The van der Waals surface area contributed by atoms with Crippen molar-refractivity contribution in [2.75, 3.05) is 7.11 Å². The zero-order valence-electron chi connectivity index (χ0n) is 8.19. The summed E-state index contributed by atoms with van der Waals surface area (Å²) < 4.78 is 6.22. The van der Waals surface area contributed by atoms with Gasteiger partial charge in [0.1, 0.15) is 5.75 Å². The number of methoxy groups -OCH3 is 1. The number of hydrogen-bond acceptors (Lipinski definition) is 3. The summed E-state index contributed by atoms with van der Waals surface area (Å²) >= 11 is 1.40. The predicted molar refractivity (Wildman–Crippen MR) is 62.3 cm³/mol. The van der Waals surface area contributed by atoms with Crippen molar-refractivity contribution in [1.82, 2.24) is 0 Å². The number of aliphatic imine (C=N–C) groups is 1. The highest BCUT2D eigenvalue weighted by Crippen LogP contribution is 2.32. The summed E-state index contributed by atoms with van der Waals surface area (Å²) in [7, 11) is 1.61. The first-order chi connectivity index (χ1) is 7.26. The largest absolute Gasteiger partial charge is 0.496 e. The molecule has 4 heteroatoms. The molecule has 0 aliphatic carbocycles. The summed E-state index contributed by atoms with van der Waals surface area (Å²) in [6.07, 6.45) is 0. The second-order valence-electron chi connectivity index (χ2n) is 2.95. The molecule has 0 unspecified atom stereocenters. The fraction of sp³-hybridized carbons (Fsp3) is 0.0909. The van der Waals surface area contributed by atoms with Crippen LogP contribution in [0.25, 0.3) is 10.1 Å². The number of thiophene rings is 1. The van der Waals surface area contributed by atoms with E-state index in [0.717, 1.165) is 15.8 Å². The van der Waals surface area contributed by atoms with Crippen molar-refractivity contribution in [3.63, 3.8) is 0 Å². The van der Waals surface area contributed by atoms with Crippen LogP contribution in [0, 0.1) is 0 Å². The van der Waals surface area contributed by atoms with Crippen molar-refractivity contribution < 1.29 is 9.53 Å². The summed E-state index contributed by atoms with van der Waals surface area (Å²) in [5.41, 5.74) is 0. The molecule has 0 saturated carbocycles. The lowest BCUT2D eigenvalue weighted by molar-refractivity contribution is 0.101. The molecule has 2 rings (SSSR count). The van der Waals surface area contributed by atoms with Gasteiger partial charge in [-0.2, -0.15) is 0 Å². The van der Waals surface area contributed by atoms with Crippen molar-refractivity contribution in [3.8, 4) is 5.75 Å². The number of hydrogen-bond donors (Lipinski definition) is 0. The first kappa shape index (κ1) is 9.86. The molecular weight excluding hydrogens is 210 g/mol. The van der Waals surface area contributed by atoms with E-state index in [-0.39, 0.29) is 5.91 Å². The molecule has 1 heterocycles. The number of rotatable bonds is 2. The van der Waals surface area contributed by atoms with Crippen molar-refractivity contribution in [1.29, 1.82) is 0 Å². The minimum absolute atomic E-state index is 0.293. The Morgan fingerprint density at radius 1 is 1.53 bits per heavy atom. The predicted octanol–water partition coefficient (Wildman–Crippen LogP) is 2.75. The minimum Gasteiger partial charge on any atom is -0.496 e. The van der Waals surface area contributed by atoms with E-state index in [1.807, 2.05) is 18.2 Å². The maximum absolute atomic E-state index is 11.3. The van der Waals surface area contributed by atoms with Crippen molar-refractivity contribution in [2.45, 2.75) is 0 Å². The maximum atomic E-state index is 11.3. The van der Waals surface area contributed by atoms with E-state index in [0.29, 0.717) is 4.88 Å². The normalized spacial score (nSPS) is 10.2. The number of ether oxygens (including phenoxy) is 1. The zero-order chi connectivity index (χ0) is 10.8. The maximum Gasteiger partial charge on any atom is 0.286 e. The molecule has 1 aromatic carbocycles. The molecule has 0 atom stereocenters. The number of carbonyl (C=O) groups excluding carboxylic acids is 1. The van der Waals surface area contributed by atoms with Crippen LogP contribution in [0.3, 0.4) is 0 Å². The third kappa shape index (κ3) is 1.64. The van der Waals surface area contributed by atoms with E-state index in [4.69, 9.17) is 4.74 Å². The van der Waals surface area contributed by atoms with Crippen LogP contribution in [0.4, 0.5) is 0 Å². The van der Waals surface area contributed by atoms with Crippen molar-refractivity contribution in [3.05, 3.63) is 29.1 Å². The molecule has 2 aromatic rings. The van der Waals surface area contributed by atoms with Crippen LogP contribution in [0.15, 0.2) is 29.3 Å². The van der Waals surface area contributed by atoms with Gasteiger partial charge in [0.25, 0.3) is 5.91 Å². The van der Waals surface area contributed by atoms with Crippen LogP contribution in [-0.2, 0) is 0 Å². The Bertz CT molecular complexity index is 530. The van der Waals surface area contributed by atoms with Crippen LogP contribution < -0.4 is 4.74 Å². The fourth-order valence-electron chi connectivity index (χ4n) is 1.40. The highest BCUT2D eigenvalue weighted by atomic mass is 32.1. The third-order valence-corrected chi connectivity index (χ3v) is 3.18. The average molecular weight is 219 g/mol. The van der Waals surface area contributed by atoms with Gasteiger partial charge in [-0.3, -0.25) is 4.79 Å². The van der Waals surface area contributed by atoms with Crippen LogP contribution in [0.1, 0.15) is 9.67 Å². The van der Waals surface area contributed by atoms with E-state index < -0.39 is 0 Å². The number of carbonyl (C=O) groups is 1. The Hall–Kier alpha value is -1.68. The molecule has 3 nitrogen and oxygen atoms in total. The molecule has 0 aliphatic rings. The van der Waals surface area contributed by atoms with Crippen LogP contribution in [0.2, 0.25) is 0 Å². The van der Waals surface area contributed by atoms with Gasteiger partial charge >= 0.3 is 0 Å². The summed E-state index contributed by atoms with van der Waals surface area (Å²) in [6.45, 7) is 3.23. The molecule has 0 fully saturated rings. The SMILES string of the molecule is C=NC(=O)c1cc2c(OC)cccc2s1. The number of fused-ring (bicyclic) bond motifs is 1. The molecule has 0 radical (unpaired) electrons. The number of benzene rings is 1. The van der Waals surface area contributed by atoms with Gasteiger partial charge in [0.15, 0.2) is 0 Å². The van der Waals surface area contributed by atoms with Gasteiger partial charge in [-0.15, -0.1) is 11.3 Å². The lowest BCUT2D eigenvalue weighted by atomic mass is 10.2.